The number of hydrogen-bond acceptors (Lipinski definition) is 4. The van der Waals surface area contributed by atoms with Gasteiger partial charge in [0.05, 0.1) is 21.8 Å². The first-order valence-corrected chi connectivity index (χ1v) is 7.83. The van der Waals surface area contributed by atoms with Crippen LogP contribution >= 0.6 is 0 Å². The topological polar surface area (TPSA) is 109 Å². The molecule has 0 saturated heterocycles. The molecule has 0 spiro atoms. The van der Waals surface area contributed by atoms with Gasteiger partial charge in [-0.2, -0.15) is 0 Å². The molecule has 2 aromatic carbocycles. The minimum absolute atomic E-state index is 0.00757. The van der Waals surface area contributed by atoms with Crippen molar-refractivity contribution < 1.29 is 28.2 Å². The fourth-order valence-corrected chi connectivity index (χ4v) is 3.24. The maximum Gasteiger partial charge on any atom is 0.335 e. The van der Waals surface area contributed by atoms with E-state index in [-0.39, 0.29) is 21.8 Å². The van der Waals surface area contributed by atoms with Gasteiger partial charge in [0.15, 0.2) is 9.84 Å². The quantitative estimate of drug-likeness (QED) is 0.873. The molecule has 0 bridgehead atoms. The lowest BCUT2D eigenvalue weighted by atomic mass is 10.1. The van der Waals surface area contributed by atoms with Crippen LogP contribution in [0.2, 0.25) is 0 Å². The van der Waals surface area contributed by atoms with Crippen LogP contribution in [0.25, 0.3) is 0 Å². The van der Waals surface area contributed by atoms with Crippen LogP contribution in [0.4, 0.5) is 0 Å². The second-order valence-electron chi connectivity index (χ2n) is 4.59. The smallest absolute Gasteiger partial charge is 0.335 e. The van der Waals surface area contributed by atoms with Gasteiger partial charge < -0.3 is 10.2 Å². The number of benzene rings is 2. The molecule has 0 atom stereocenters. The van der Waals surface area contributed by atoms with E-state index in [1.807, 2.05) is 0 Å². The first kappa shape index (κ1) is 15.7. The standard InChI is InChI=1S/C15H12O6S/c16-14(17)11-4-6-13(7-5-11)22(20,21)9-10-2-1-3-12(8-10)15(18)19/h1-8H,9H2,(H,16,17)(H,18,19). The number of carboxylic acids is 2. The minimum atomic E-state index is -3.68. The molecular formula is C15H12O6S. The molecule has 6 nitrogen and oxygen atoms in total. The van der Waals surface area contributed by atoms with Crippen molar-refractivity contribution in [2.75, 3.05) is 0 Å². The van der Waals surface area contributed by atoms with Crippen LogP contribution in [0.3, 0.4) is 0 Å². The Kier molecular flexibility index (Phi) is 4.27. The molecule has 2 rings (SSSR count). The van der Waals surface area contributed by atoms with Gasteiger partial charge in [0.1, 0.15) is 0 Å². The lowest BCUT2D eigenvalue weighted by molar-refractivity contribution is 0.0686. The van der Waals surface area contributed by atoms with Gasteiger partial charge in [-0.05, 0) is 42.0 Å². The highest BCUT2D eigenvalue weighted by Crippen LogP contribution is 2.18. The van der Waals surface area contributed by atoms with Crippen LogP contribution in [-0.4, -0.2) is 30.6 Å². The molecule has 2 aromatic rings. The van der Waals surface area contributed by atoms with Crippen molar-refractivity contribution >= 4 is 21.8 Å². The van der Waals surface area contributed by atoms with Crippen LogP contribution in [0.5, 0.6) is 0 Å². The van der Waals surface area contributed by atoms with Crippen LogP contribution in [-0.2, 0) is 15.6 Å². The zero-order valence-electron chi connectivity index (χ0n) is 11.3. The number of sulfone groups is 1. The largest absolute Gasteiger partial charge is 0.478 e. The van der Waals surface area contributed by atoms with Crippen LogP contribution in [0.15, 0.2) is 53.4 Å². The average molecular weight is 320 g/mol. The predicted molar refractivity (Wildman–Crippen MR) is 77.7 cm³/mol. The highest BCUT2D eigenvalue weighted by molar-refractivity contribution is 7.90. The maximum absolute atomic E-state index is 12.3. The summed E-state index contributed by atoms with van der Waals surface area (Å²) in [6.45, 7) is 0. The molecule has 0 fully saturated rings. The predicted octanol–water partition coefficient (Wildman–Crippen LogP) is 2.06. The van der Waals surface area contributed by atoms with Gasteiger partial charge in [-0.25, -0.2) is 18.0 Å². The van der Waals surface area contributed by atoms with Crippen molar-refractivity contribution in [3.63, 3.8) is 0 Å². The van der Waals surface area contributed by atoms with Gasteiger partial charge in [0, 0.05) is 0 Å². The Labute approximate surface area is 126 Å². The van der Waals surface area contributed by atoms with Crippen molar-refractivity contribution in [1.82, 2.24) is 0 Å². The van der Waals surface area contributed by atoms with Gasteiger partial charge >= 0.3 is 11.9 Å². The molecule has 0 amide bonds. The molecule has 0 heterocycles. The van der Waals surface area contributed by atoms with Gasteiger partial charge in [0.2, 0.25) is 0 Å². The Morgan fingerprint density at radius 2 is 1.45 bits per heavy atom. The van der Waals surface area contributed by atoms with Crippen molar-refractivity contribution in [3.05, 3.63) is 65.2 Å². The Morgan fingerprint density at radius 3 is 2.00 bits per heavy atom. The number of rotatable bonds is 5. The first-order valence-electron chi connectivity index (χ1n) is 6.18. The Balaban J connectivity index is 2.29. The summed E-state index contributed by atoms with van der Waals surface area (Å²) in [6.07, 6.45) is 0. The molecule has 22 heavy (non-hydrogen) atoms. The Morgan fingerprint density at radius 1 is 0.864 bits per heavy atom. The average Bonchev–Trinajstić information content (AvgIpc) is 2.47. The fraction of sp³-hybridized carbons (Fsp3) is 0.0667. The molecule has 0 radical (unpaired) electrons. The van der Waals surface area contributed by atoms with E-state index < -0.39 is 21.8 Å². The summed E-state index contributed by atoms with van der Waals surface area (Å²) in [4.78, 5) is 21.6. The maximum atomic E-state index is 12.3. The zero-order valence-corrected chi connectivity index (χ0v) is 12.1. The summed E-state index contributed by atoms with van der Waals surface area (Å²) < 4.78 is 24.5. The molecule has 0 aliphatic carbocycles. The molecule has 114 valence electrons. The third-order valence-electron chi connectivity index (χ3n) is 2.99. The summed E-state index contributed by atoms with van der Waals surface area (Å²) in [6, 6.07) is 10.5. The van der Waals surface area contributed by atoms with Crippen molar-refractivity contribution in [2.24, 2.45) is 0 Å². The van der Waals surface area contributed by atoms with Crippen molar-refractivity contribution in [3.8, 4) is 0 Å². The second-order valence-corrected chi connectivity index (χ2v) is 6.58. The number of aromatic carboxylic acids is 2. The van der Waals surface area contributed by atoms with E-state index in [4.69, 9.17) is 10.2 Å². The Bertz CT molecular complexity index is 821. The molecule has 0 unspecified atom stereocenters. The molecule has 0 aliphatic rings. The number of hydrogen-bond donors (Lipinski definition) is 2. The second kappa shape index (κ2) is 5.98. The van der Waals surface area contributed by atoms with Gasteiger partial charge in [-0.15, -0.1) is 0 Å². The third kappa shape index (κ3) is 3.50. The molecular weight excluding hydrogens is 308 g/mol. The number of carbonyl (C=O) groups is 2. The van der Waals surface area contributed by atoms with Crippen LogP contribution in [0.1, 0.15) is 26.3 Å². The first-order chi connectivity index (χ1) is 10.3. The van der Waals surface area contributed by atoms with Crippen LogP contribution < -0.4 is 0 Å². The lowest BCUT2D eigenvalue weighted by Gasteiger charge is -2.06. The molecule has 0 saturated carbocycles. The van der Waals surface area contributed by atoms with E-state index in [1.54, 1.807) is 0 Å². The van der Waals surface area contributed by atoms with E-state index in [9.17, 15) is 18.0 Å². The number of carboxylic acid groups (broad SMARTS) is 2. The monoisotopic (exact) mass is 320 g/mol. The highest BCUT2D eigenvalue weighted by Gasteiger charge is 2.17. The van der Waals surface area contributed by atoms with E-state index >= 15 is 0 Å². The summed E-state index contributed by atoms with van der Waals surface area (Å²) >= 11 is 0. The normalized spacial score (nSPS) is 11.1. The van der Waals surface area contributed by atoms with E-state index in [0.29, 0.717) is 5.56 Å². The SMILES string of the molecule is O=C(O)c1ccc(S(=O)(=O)Cc2cccc(C(=O)O)c2)cc1. The van der Waals surface area contributed by atoms with Crippen molar-refractivity contribution in [2.45, 2.75) is 10.6 Å². The Hall–Kier alpha value is -2.67. The molecule has 0 aliphatic heterocycles. The molecule has 2 N–H and O–H groups in total. The van der Waals surface area contributed by atoms with E-state index in [1.165, 1.54) is 48.5 Å². The summed E-state index contributed by atoms with van der Waals surface area (Å²) in [7, 11) is -3.68. The lowest BCUT2D eigenvalue weighted by Crippen LogP contribution is -2.07. The van der Waals surface area contributed by atoms with Crippen LogP contribution in [0, 0.1) is 0 Å². The van der Waals surface area contributed by atoms with Gasteiger partial charge in [-0.1, -0.05) is 12.1 Å². The van der Waals surface area contributed by atoms with Gasteiger partial charge in [-0.3, -0.25) is 0 Å². The summed E-state index contributed by atoms with van der Waals surface area (Å²) in [5.74, 6) is -2.64. The minimum Gasteiger partial charge on any atom is -0.478 e. The van der Waals surface area contributed by atoms with Crippen molar-refractivity contribution in [1.29, 1.82) is 0 Å². The molecule has 0 aromatic heterocycles. The third-order valence-corrected chi connectivity index (χ3v) is 4.69. The molecule has 7 heteroatoms. The zero-order chi connectivity index (χ0) is 16.3. The fourth-order valence-electron chi connectivity index (χ4n) is 1.90. The van der Waals surface area contributed by atoms with Gasteiger partial charge in [0.25, 0.3) is 0 Å². The summed E-state index contributed by atoms with van der Waals surface area (Å²) in [5.41, 5.74) is 0.350. The van der Waals surface area contributed by atoms with E-state index in [0.717, 1.165) is 0 Å². The summed E-state index contributed by atoms with van der Waals surface area (Å²) in [5, 5.41) is 17.7. The van der Waals surface area contributed by atoms with E-state index in [2.05, 4.69) is 0 Å². The highest BCUT2D eigenvalue weighted by atomic mass is 32.2.